The van der Waals surface area contributed by atoms with Crippen LogP contribution in [0.25, 0.3) is 0 Å². The molecule has 3 atom stereocenters. The van der Waals surface area contributed by atoms with E-state index in [4.69, 9.17) is 0 Å². The molecule has 114 valence electrons. The molecular weight excluding hydrogens is 260 g/mol. The maximum absolute atomic E-state index is 12.4. The lowest BCUT2D eigenvalue weighted by molar-refractivity contribution is -0.117. The Morgan fingerprint density at radius 2 is 1.67 bits per heavy atom. The minimum absolute atomic E-state index is 0.238. The standard InChI is InChI=1S/C18H26N2O/c1-3-20(4-2)14-11-9-13(10-12-14)19-18(21)17-15-7-5-6-8-16(15)17/h9-12,15-17H,3-8H2,1-2H3,(H,19,21)/t15-,16+,17?. The Morgan fingerprint density at radius 3 is 2.19 bits per heavy atom. The number of fused-ring (bicyclic) bond motifs is 1. The Labute approximate surface area is 127 Å². The molecule has 3 rings (SSSR count). The Hall–Kier alpha value is -1.51. The van der Waals surface area contributed by atoms with Gasteiger partial charge >= 0.3 is 0 Å². The van der Waals surface area contributed by atoms with Crippen LogP contribution in [0.2, 0.25) is 0 Å². The van der Waals surface area contributed by atoms with Gasteiger partial charge in [-0.05, 0) is 62.8 Å². The molecule has 1 unspecified atom stereocenters. The van der Waals surface area contributed by atoms with Gasteiger partial charge in [0.05, 0.1) is 0 Å². The van der Waals surface area contributed by atoms with E-state index in [0.29, 0.717) is 11.8 Å². The second kappa shape index (κ2) is 6.08. The normalized spacial score (nSPS) is 26.9. The van der Waals surface area contributed by atoms with Crippen LogP contribution in [0.5, 0.6) is 0 Å². The van der Waals surface area contributed by atoms with Crippen molar-refractivity contribution < 1.29 is 4.79 Å². The molecule has 0 saturated heterocycles. The topological polar surface area (TPSA) is 32.3 Å². The first-order chi connectivity index (χ1) is 10.2. The summed E-state index contributed by atoms with van der Waals surface area (Å²) in [5, 5.41) is 3.10. The average Bonchev–Trinajstić information content (AvgIpc) is 3.24. The summed E-state index contributed by atoms with van der Waals surface area (Å²) in [6.45, 7) is 6.34. The molecule has 2 aliphatic rings. The molecule has 0 spiro atoms. The molecule has 0 bridgehead atoms. The van der Waals surface area contributed by atoms with Crippen molar-refractivity contribution in [1.29, 1.82) is 0 Å². The van der Waals surface area contributed by atoms with Crippen LogP contribution < -0.4 is 10.2 Å². The summed E-state index contributed by atoms with van der Waals surface area (Å²) in [7, 11) is 0. The SMILES string of the molecule is CCN(CC)c1ccc(NC(=O)C2[C@H]3CCCC[C@@H]23)cc1. The van der Waals surface area contributed by atoms with Crippen LogP contribution in [-0.2, 0) is 4.79 Å². The van der Waals surface area contributed by atoms with Gasteiger partial charge in [0, 0.05) is 30.4 Å². The molecule has 3 nitrogen and oxygen atoms in total. The fourth-order valence-corrected chi connectivity index (χ4v) is 3.95. The highest BCUT2D eigenvalue weighted by Crippen LogP contribution is 2.55. The van der Waals surface area contributed by atoms with E-state index in [1.807, 2.05) is 12.1 Å². The van der Waals surface area contributed by atoms with Crippen molar-refractivity contribution in [3.05, 3.63) is 24.3 Å². The molecule has 0 aromatic heterocycles. The molecule has 1 N–H and O–H groups in total. The van der Waals surface area contributed by atoms with Crippen molar-refractivity contribution in [3.8, 4) is 0 Å². The summed E-state index contributed by atoms with van der Waals surface area (Å²) in [6, 6.07) is 8.25. The number of hydrogen-bond acceptors (Lipinski definition) is 2. The molecule has 3 heteroatoms. The molecule has 1 aromatic carbocycles. The third-order valence-corrected chi connectivity index (χ3v) is 5.22. The Bertz CT molecular complexity index is 480. The van der Waals surface area contributed by atoms with Gasteiger partial charge in [-0.15, -0.1) is 0 Å². The van der Waals surface area contributed by atoms with Crippen molar-refractivity contribution in [2.24, 2.45) is 17.8 Å². The van der Waals surface area contributed by atoms with Gasteiger partial charge in [-0.25, -0.2) is 0 Å². The van der Waals surface area contributed by atoms with Gasteiger partial charge in [0.2, 0.25) is 5.91 Å². The van der Waals surface area contributed by atoms with Crippen LogP contribution in [0.3, 0.4) is 0 Å². The zero-order valence-electron chi connectivity index (χ0n) is 13.1. The third kappa shape index (κ3) is 2.92. The zero-order chi connectivity index (χ0) is 14.8. The zero-order valence-corrected chi connectivity index (χ0v) is 13.1. The van der Waals surface area contributed by atoms with Crippen LogP contribution in [0.4, 0.5) is 11.4 Å². The summed E-state index contributed by atoms with van der Waals surface area (Å²) < 4.78 is 0. The maximum Gasteiger partial charge on any atom is 0.228 e. The van der Waals surface area contributed by atoms with Crippen LogP contribution in [0.1, 0.15) is 39.5 Å². The number of hydrogen-bond donors (Lipinski definition) is 1. The van der Waals surface area contributed by atoms with Crippen molar-refractivity contribution in [1.82, 2.24) is 0 Å². The van der Waals surface area contributed by atoms with Gasteiger partial charge in [0.25, 0.3) is 0 Å². The van der Waals surface area contributed by atoms with E-state index >= 15 is 0 Å². The summed E-state index contributed by atoms with van der Waals surface area (Å²) in [6.07, 6.45) is 5.13. The van der Waals surface area contributed by atoms with E-state index in [-0.39, 0.29) is 11.8 Å². The van der Waals surface area contributed by atoms with Gasteiger partial charge in [-0.3, -0.25) is 4.79 Å². The summed E-state index contributed by atoms with van der Waals surface area (Å²) in [5.74, 6) is 1.87. The molecule has 0 heterocycles. The highest BCUT2D eigenvalue weighted by atomic mass is 16.2. The van der Waals surface area contributed by atoms with Crippen LogP contribution >= 0.6 is 0 Å². The number of carbonyl (C=O) groups excluding carboxylic acids is 1. The second-order valence-corrected chi connectivity index (χ2v) is 6.35. The van der Waals surface area contributed by atoms with Gasteiger partial charge < -0.3 is 10.2 Å². The lowest BCUT2D eigenvalue weighted by Crippen LogP contribution is -2.21. The number of rotatable bonds is 5. The summed E-state index contributed by atoms with van der Waals surface area (Å²) in [5.41, 5.74) is 2.15. The molecule has 2 fully saturated rings. The molecule has 2 aliphatic carbocycles. The van der Waals surface area contributed by atoms with Crippen LogP contribution in [0.15, 0.2) is 24.3 Å². The Morgan fingerprint density at radius 1 is 1.10 bits per heavy atom. The van der Waals surface area contributed by atoms with E-state index in [2.05, 4.69) is 36.2 Å². The Kier molecular flexibility index (Phi) is 4.18. The van der Waals surface area contributed by atoms with Crippen molar-refractivity contribution in [2.45, 2.75) is 39.5 Å². The minimum Gasteiger partial charge on any atom is -0.372 e. The van der Waals surface area contributed by atoms with Gasteiger partial charge in [0.15, 0.2) is 0 Å². The first kappa shape index (κ1) is 14.4. The Balaban J connectivity index is 1.59. The first-order valence-electron chi connectivity index (χ1n) is 8.40. The van der Waals surface area contributed by atoms with E-state index in [0.717, 1.165) is 18.8 Å². The molecule has 1 aromatic rings. The van der Waals surface area contributed by atoms with Crippen molar-refractivity contribution in [2.75, 3.05) is 23.3 Å². The molecular formula is C18H26N2O. The predicted molar refractivity (Wildman–Crippen MR) is 87.6 cm³/mol. The number of carbonyl (C=O) groups is 1. The van der Waals surface area contributed by atoms with Crippen LogP contribution in [-0.4, -0.2) is 19.0 Å². The van der Waals surface area contributed by atoms with Crippen LogP contribution in [0, 0.1) is 17.8 Å². The smallest absolute Gasteiger partial charge is 0.228 e. The lowest BCUT2D eigenvalue weighted by atomic mass is 10.0. The molecule has 1 amide bonds. The van der Waals surface area contributed by atoms with E-state index < -0.39 is 0 Å². The number of nitrogens with zero attached hydrogens (tertiary/aromatic N) is 1. The van der Waals surface area contributed by atoms with Gasteiger partial charge in [-0.1, -0.05) is 12.8 Å². The number of anilines is 2. The number of amides is 1. The van der Waals surface area contributed by atoms with Gasteiger partial charge in [0.1, 0.15) is 0 Å². The minimum atomic E-state index is 0.238. The predicted octanol–water partition coefficient (Wildman–Crippen LogP) is 3.91. The van der Waals surface area contributed by atoms with Gasteiger partial charge in [-0.2, -0.15) is 0 Å². The monoisotopic (exact) mass is 286 g/mol. The molecule has 0 aliphatic heterocycles. The molecule has 21 heavy (non-hydrogen) atoms. The highest BCUT2D eigenvalue weighted by molar-refractivity contribution is 5.95. The number of benzene rings is 1. The van der Waals surface area contributed by atoms with Crippen molar-refractivity contribution >= 4 is 17.3 Å². The molecule has 2 saturated carbocycles. The maximum atomic E-state index is 12.4. The lowest BCUT2D eigenvalue weighted by Gasteiger charge is -2.21. The second-order valence-electron chi connectivity index (χ2n) is 6.35. The average molecular weight is 286 g/mol. The van der Waals surface area contributed by atoms with Crippen molar-refractivity contribution in [3.63, 3.8) is 0 Å². The molecule has 0 radical (unpaired) electrons. The van der Waals surface area contributed by atoms with E-state index in [9.17, 15) is 4.79 Å². The third-order valence-electron chi connectivity index (χ3n) is 5.22. The number of nitrogens with one attached hydrogen (secondary N) is 1. The first-order valence-corrected chi connectivity index (χ1v) is 8.40. The van der Waals surface area contributed by atoms with E-state index in [1.54, 1.807) is 0 Å². The quantitative estimate of drug-likeness (QED) is 0.890. The summed E-state index contributed by atoms with van der Waals surface area (Å²) >= 11 is 0. The summed E-state index contributed by atoms with van der Waals surface area (Å²) in [4.78, 5) is 14.7. The largest absolute Gasteiger partial charge is 0.372 e. The fraction of sp³-hybridized carbons (Fsp3) is 0.611. The fourth-order valence-electron chi connectivity index (χ4n) is 3.95. The van der Waals surface area contributed by atoms with E-state index in [1.165, 1.54) is 31.4 Å². The highest BCUT2D eigenvalue weighted by Gasteiger charge is 2.54.